The van der Waals surface area contributed by atoms with Gasteiger partial charge in [0.25, 0.3) is 5.91 Å². The molecule has 0 saturated carbocycles. The molecule has 160 valence electrons. The molecule has 0 atom stereocenters. The third-order valence-corrected chi connectivity index (χ3v) is 4.22. The van der Waals surface area contributed by atoms with E-state index in [0.29, 0.717) is 17.9 Å². The Labute approximate surface area is 171 Å². The number of esters is 1. The molecule has 0 aromatic heterocycles. The van der Waals surface area contributed by atoms with Crippen LogP contribution in [0.15, 0.2) is 42.5 Å². The van der Waals surface area contributed by atoms with E-state index in [0.717, 1.165) is 56.6 Å². The van der Waals surface area contributed by atoms with Crippen molar-refractivity contribution in [3.63, 3.8) is 0 Å². The maximum atomic E-state index is 11.8. The molecular weight excluding hydrogens is 374 g/mol. The van der Waals surface area contributed by atoms with Gasteiger partial charge in [-0.2, -0.15) is 0 Å². The van der Waals surface area contributed by atoms with Crippen LogP contribution in [-0.4, -0.2) is 54.8 Å². The summed E-state index contributed by atoms with van der Waals surface area (Å²) in [5.41, 5.74) is 0.827. The SMILES string of the molecule is COC(=O)/C=C/C(=O)N(O)CCCC[NH2+]CCCCCC(=O)Nc1ccccc1. The molecule has 0 heterocycles. The molecule has 1 rings (SSSR count). The normalized spacial score (nSPS) is 10.7. The first-order chi connectivity index (χ1) is 14.0. The molecule has 1 aromatic carbocycles. The minimum Gasteiger partial charge on any atom is -0.466 e. The minimum absolute atomic E-state index is 0.0460. The average molecular weight is 407 g/mol. The topological polar surface area (TPSA) is 113 Å². The standard InChI is InChI=1S/C21H31N3O5/c1-29-21(27)14-13-20(26)24(28)17-9-8-16-22-15-7-3-6-12-19(25)23-18-10-4-2-5-11-18/h2,4-5,10-11,13-14,22,28H,3,6-9,12,15-17H2,1H3,(H,23,25)/p+1/b14-13+. The number of amides is 2. The van der Waals surface area contributed by atoms with Gasteiger partial charge in [-0.15, -0.1) is 0 Å². The van der Waals surface area contributed by atoms with Crippen molar-refractivity contribution in [1.82, 2.24) is 5.06 Å². The van der Waals surface area contributed by atoms with E-state index in [1.807, 2.05) is 30.3 Å². The molecule has 0 saturated heterocycles. The fourth-order valence-corrected chi connectivity index (χ4v) is 2.59. The predicted octanol–water partition coefficient (Wildman–Crippen LogP) is 1.48. The quantitative estimate of drug-likeness (QED) is 0.142. The molecule has 29 heavy (non-hydrogen) atoms. The number of rotatable bonds is 14. The lowest BCUT2D eigenvalue weighted by molar-refractivity contribution is -0.655. The summed E-state index contributed by atoms with van der Waals surface area (Å²) in [4.78, 5) is 34.2. The second-order valence-electron chi connectivity index (χ2n) is 6.62. The fourth-order valence-electron chi connectivity index (χ4n) is 2.59. The molecule has 1 aromatic rings. The molecule has 0 fully saturated rings. The van der Waals surface area contributed by atoms with Gasteiger partial charge in [0.1, 0.15) is 0 Å². The van der Waals surface area contributed by atoms with Crippen LogP contribution in [0.2, 0.25) is 0 Å². The van der Waals surface area contributed by atoms with Gasteiger partial charge in [-0.3, -0.25) is 14.8 Å². The average Bonchev–Trinajstić information content (AvgIpc) is 2.73. The van der Waals surface area contributed by atoms with Gasteiger partial charge >= 0.3 is 5.97 Å². The summed E-state index contributed by atoms with van der Waals surface area (Å²) < 4.78 is 4.37. The predicted molar refractivity (Wildman–Crippen MR) is 109 cm³/mol. The van der Waals surface area contributed by atoms with Gasteiger partial charge in [0, 0.05) is 30.8 Å². The zero-order valence-corrected chi connectivity index (χ0v) is 17.0. The number of anilines is 1. The third-order valence-electron chi connectivity index (χ3n) is 4.22. The second-order valence-corrected chi connectivity index (χ2v) is 6.62. The Kier molecular flexibility index (Phi) is 12.8. The number of methoxy groups -OCH3 is 1. The lowest BCUT2D eigenvalue weighted by atomic mass is 10.2. The molecule has 0 radical (unpaired) electrons. The molecule has 2 amide bonds. The molecule has 0 aliphatic carbocycles. The second kappa shape index (κ2) is 15.2. The monoisotopic (exact) mass is 406 g/mol. The first-order valence-corrected chi connectivity index (χ1v) is 9.96. The number of ether oxygens (including phenoxy) is 1. The summed E-state index contributed by atoms with van der Waals surface area (Å²) in [6.45, 7) is 2.12. The van der Waals surface area contributed by atoms with Crippen LogP contribution in [0.5, 0.6) is 0 Å². The highest BCUT2D eigenvalue weighted by molar-refractivity contribution is 5.94. The van der Waals surface area contributed by atoms with Gasteiger partial charge in [-0.05, 0) is 44.2 Å². The van der Waals surface area contributed by atoms with Gasteiger partial charge in [0.05, 0.1) is 20.2 Å². The van der Waals surface area contributed by atoms with E-state index < -0.39 is 11.9 Å². The highest BCUT2D eigenvalue weighted by atomic mass is 16.5. The number of quaternary nitrogens is 1. The van der Waals surface area contributed by atoms with Gasteiger partial charge in [0.15, 0.2) is 0 Å². The molecule has 8 nitrogen and oxygen atoms in total. The molecule has 0 aliphatic heterocycles. The lowest BCUT2D eigenvalue weighted by Gasteiger charge is -2.12. The molecular formula is C21H32N3O5+. The molecule has 0 bridgehead atoms. The van der Waals surface area contributed by atoms with Crippen molar-refractivity contribution in [2.75, 3.05) is 32.1 Å². The number of nitrogens with one attached hydrogen (secondary N) is 1. The third kappa shape index (κ3) is 12.4. The summed E-state index contributed by atoms with van der Waals surface area (Å²) in [5, 5.41) is 15.3. The van der Waals surface area contributed by atoms with Crippen molar-refractivity contribution in [1.29, 1.82) is 0 Å². The Bertz CT molecular complexity index is 649. The van der Waals surface area contributed by atoms with E-state index in [-0.39, 0.29) is 12.5 Å². The summed E-state index contributed by atoms with van der Waals surface area (Å²) >= 11 is 0. The van der Waals surface area contributed by atoms with Crippen LogP contribution in [0.4, 0.5) is 5.69 Å². The highest BCUT2D eigenvalue weighted by Crippen LogP contribution is 2.07. The van der Waals surface area contributed by atoms with Crippen LogP contribution in [0, 0.1) is 0 Å². The largest absolute Gasteiger partial charge is 0.466 e. The summed E-state index contributed by atoms with van der Waals surface area (Å²) in [5.74, 6) is -1.24. The number of carbonyl (C=O) groups is 3. The van der Waals surface area contributed by atoms with Crippen LogP contribution in [0.3, 0.4) is 0 Å². The van der Waals surface area contributed by atoms with E-state index in [1.165, 1.54) is 7.11 Å². The summed E-state index contributed by atoms with van der Waals surface area (Å²) in [6, 6.07) is 9.44. The molecule has 0 unspecified atom stereocenters. The summed E-state index contributed by atoms with van der Waals surface area (Å²) in [6.07, 6.45) is 6.94. The first-order valence-electron chi connectivity index (χ1n) is 9.96. The molecule has 4 N–H and O–H groups in total. The van der Waals surface area contributed by atoms with Crippen molar-refractivity contribution in [3.8, 4) is 0 Å². The number of unbranched alkanes of at least 4 members (excludes halogenated alkanes) is 3. The summed E-state index contributed by atoms with van der Waals surface area (Å²) in [7, 11) is 1.22. The Balaban J connectivity index is 1.94. The Morgan fingerprint density at radius 3 is 2.41 bits per heavy atom. The number of hydrogen-bond acceptors (Lipinski definition) is 5. The van der Waals surface area contributed by atoms with Crippen LogP contribution < -0.4 is 10.6 Å². The van der Waals surface area contributed by atoms with Crippen LogP contribution in [0.1, 0.15) is 38.5 Å². The van der Waals surface area contributed by atoms with Crippen molar-refractivity contribution in [3.05, 3.63) is 42.5 Å². The number of carbonyl (C=O) groups excluding carboxylic acids is 3. The zero-order valence-electron chi connectivity index (χ0n) is 17.0. The highest BCUT2D eigenvalue weighted by Gasteiger charge is 2.07. The minimum atomic E-state index is -0.643. The molecule has 0 spiro atoms. The van der Waals surface area contributed by atoms with E-state index >= 15 is 0 Å². The maximum absolute atomic E-state index is 11.8. The zero-order chi connectivity index (χ0) is 21.3. The smallest absolute Gasteiger partial charge is 0.330 e. The lowest BCUT2D eigenvalue weighted by Crippen LogP contribution is -2.84. The molecule has 0 aliphatic rings. The number of nitrogens with two attached hydrogens (primary N) is 1. The van der Waals surface area contributed by atoms with E-state index in [1.54, 1.807) is 0 Å². The Morgan fingerprint density at radius 2 is 1.72 bits per heavy atom. The van der Waals surface area contributed by atoms with Crippen LogP contribution >= 0.6 is 0 Å². The van der Waals surface area contributed by atoms with Crippen molar-refractivity contribution in [2.45, 2.75) is 38.5 Å². The van der Waals surface area contributed by atoms with Crippen LogP contribution in [-0.2, 0) is 19.1 Å². The van der Waals surface area contributed by atoms with Gasteiger partial charge in [-0.25, -0.2) is 9.86 Å². The first kappa shape index (κ1) is 24.3. The van der Waals surface area contributed by atoms with Crippen LogP contribution in [0.25, 0.3) is 0 Å². The molecule has 8 heteroatoms. The van der Waals surface area contributed by atoms with Gasteiger partial charge < -0.3 is 15.4 Å². The maximum Gasteiger partial charge on any atom is 0.330 e. The number of hydroxylamine groups is 2. The number of benzene rings is 1. The van der Waals surface area contributed by atoms with Crippen molar-refractivity contribution >= 4 is 23.5 Å². The van der Waals surface area contributed by atoms with E-state index in [2.05, 4.69) is 15.4 Å². The van der Waals surface area contributed by atoms with E-state index in [9.17, 15) is 19.6 Å². The van der Waals surface area contributed by atoms with Gasteiger partial charge in [-0.1, -0.05) is 18.2 Å². The van der Waals surface area contributed by atoms with Crippen molar-refractivity contribution in [2.24, 2.45) is 0 Å². The van der Waals surface area contributed by atoms with Crippen molar-refractivity contribution < 1.29 is 29.6 Å². The Hall–Kier alpha value is -2.71. The number of hydrogen-bond donors (Lipinski definition) is 3. The Morgan fingerprint density at radius 1 is 1.03 bits per heavy atom. The van der Waals surface area contributed by atoms with Gasteiger partial charge in [0.2, 0.25) is 5.91 Å². The number of para-hydroxylation sites is 1. The number of nitrogens with zero attached hydrogens (tertiary/aromatic N) is 1. The van der Waals surface area contributed by atoms with E-state index in [4.69, 9.17) is 0 Å². The fraction of sp³-hybridized carbons (Fsp3) is 0.476.